The molecule has 10 heteroatoms. The number of hydrogen-bond donors (Lipinski definition) is 2. The summed E-state index contributed by atoms with van der Waals surface area (Å²) >= 11 is 0. The van der Waals surface area contributed by atoms with E-state index >= 15 is 4.39 Å². The topological polar surface area (TPSA) is 124 Å². The molecular weight excluding hydrogens is 381 g/mol. The Bertz CT molecular complexity index is 1270. The number of carboxylic acids is 1. The van der Waals surface area contributed by atoms with Crippen LogP contribution in [-0.2, 0) is 13.1 Å². The van der Waals surface area contributed by atoms with Crippen LogP contribution in [0.15, 0.2) is 23.3 Å². The zero-order valence-electron chi connectivity index (χ0n) is 15.3. The van der Waals surface area contributed by atoms with Crippen LogP contribution < -0.4 is 20.8 Å². The van der Waals surface area contributed by atoms with Crippen molar-refractivity contribution < 1.29 is 19.0 Å². The minimum Gasteiger partial charge on any atom is -0.487 e. The highest BCUT2D eigenvalue weighted by molar-refractivity contribution is 5.97. The first-order valence-electron chi connectivity index (χ1n) is 8.97. The molecule has 0 amide bonds. The van der Waals surface area contributed by atoms with E-state index in [2.05, 4.69) is 9.97 Å². The van der Waals surface area contributed by atoms with E-state index in [1.807, 2.05) is 6.92 Å². The molecule has 0 saturated carbocycles. The Hall–Kier alpha value is -3.69. The van der Waals surface area contributed by atoms with Crippen molar-refractivity contribution in [2.24, 2.45) is 0 Å². The minimum atomic E-state index is -1.35. The minimum absolute atomic E-state index is 0.0200. The van der Waals surface area contributed by atoms with Gasteiger partial charge in [-0.3, -0.25) is 4.79 Å². The second-order valence-electron chi connectivity index (χ2n) is 7.23. The Kier molecular flexibility index (Phi) is 3.54. The van der Waals surface area contributed by atoms with Crippen molar-refractivity contribution >= 4 is 28.5 Å². The summed E-state index contributed by atoms with van der Waals surface area (Å²) in [5.41, 5.74) is 6.63. The molecule has 1 aromatic carbocycles. The van der Waals surface area contributed by atoms with E-state index in [0.29, 0.717) is 24.3 Å². The smallest absolute Gasteiger partial charge is 0.341 e. The average Bonchev–Trinajstić information content (AvgIpc) is 3.08. The second kappa shape index (κ2) is 5.90. The standard InChI is InChI=1S/C19H16FN5O4/c1-8-7-29-17-14-10(16(26)11(18(27)28)5-25(8)14)2-12(20)15(17)24-4-9-3-22-19(21)23-13(9)6-24/h2-3,5,8H,4,6-7H2,1H3,(H,27,28)(H2,21,22,23). The monoisotopic (exact) mass is 397 g/mol. The molecule has 3 N–H and O–H groups in total. The van der Waals surface area contributed by atoms with Gasteiger partial charge in [-0.25, -0.2) is 19.2 Å². The second-order valence-corrected chi connectivity index (χ2v) is 7.23. The van der Waals surface area contributed by atoms with E-state index in [1.54, 1.807) is 15.7 Å². The Balaban J connectivity index is 1.75. The van der Waals surface area contributed by atoms with Gasteiger partial charge in [-0.2, -0.15) is 0 Å². The SMILES string of the molecule is CC1COc2c(N3Cc4cnc(N)nc4C3)c(F)cc3c(=O)c(C(=O)O)cn1c23. The molecule has 3 aromatic rings. The molecule has 0 saturated heterocycles. The maximum absolute atomic E-state index is 15.2. The number of aromatic carboxylic acids is 1. The number of pyridine rings is 1. The molecule has 5 rings (SSSR count). The molecule has 1 atom stereocenters. The third-order valence-electron chi connectivity index (χ3n) is 5.36. The quantitative estimate of drug-likeness (QED) is 0.670. The van der Waals surface area contributed by atoms with Crippen molar-refractivity contribution in [1.82, 2.24) is 14.5 Å². The van der Waals surface area contributed by atoms with Crippen LogP contribution in [0.2, 0.25) is 0 Å². The van der Waals surface area contributed by atoms with Crippen LogP contribution in [0.5, 0.6) is 5.75 Å². The number of benzene rings is 1. The maximum atomic E-state index is 15.2. The van der Waals surface area contributed by atoms with Crippen molar-refractivity contribution in [3.05, 3.63) is 51.3 Å². The highest BCUT2D eigenvalue weighted by atomic mass is 19.1. The van der Waals surface area contributed by atoms with Crippen LogP contribution in [0.25, 0.3) is 10.9 Å². The molecule has 0 aliphatic carbocycles. The molecule has 2 aliphatic heterocycles. The van der Waals surface area contributed by atoms with Gasteiger partial charge in [0.05, 0.1) is 29.2 Å². The van der Waals surface area contributed by atoms with Crippen LogP contribution in [0, 0.1) is 5.82 Å². The van der Waals surface area contributed by atoms with E-state index in [1.165, 1.54) is 6.20 Å². The molecule has 0 spiro atoms. The number of nitrogens with zero attached hydrogens (tertiary/aromatic N) is 4. The summed E-state index contributed by atoms with van der Waals surface area (Å²) in [7, 11) is 0. The summed E-state index contributed by atoms with van der Waals surface area (Å²) in [5, 5.41) is 9.35. The number of ether oxygens (including phenoxy) is 1. The number of hydrogen-bond acceptors (Lipinski definition) is 7. The number of nitrogens with two attached hydrogens (primary N) is 1. The molecular formula is C19H16FN5O4. The summed E-state index contributed by atoms with van der Waals surface area (Å²) in [6, 6.07) is 0.868. The lowest BCUT2D eigenvalue weighted by molar-refractivity contribution is 0.0694. The lowest BCUT2D eigenvalue weighted by Crippen LogP contribution is -2.28. The van der Waals surface area contributed by atoms with Gasteiger partial charge in [-0.15, -0.1) is 0 Å². The Morgan fingerprint density at radius 3 is 2.97 bits per heavy atom. The zero-order valence-corrected chi connectivity index (χ0v) is 15.3. The predicted octanol–water partition coefficient (Wildman–Crippen LogP) is 1.68. The van der Waals surface area contributed by atoms with Crippen molar-refractivity contribution in [2.75, 3.05) is 17.2 Å². The van der Waals surface area contributed by atoms with Crippen LogP contribution in [-0.4, -0.2) is 32.2 Å². The normalized spacial score (nSPS) is 17.3. The Morgan fingerprint density at radius 2 is 2.21 bits per heavy atom. The van der Waals surface area contributed by atoms with Crippen molar-refractivity contribution in [1.29, 1.82) is 0 Å². The van der Waals surface area contributed by atoms with E-state index in [0.717, 1.165) is 11.6 Å². The van der Waals surface area contributed by atoms with Gasteiger partial charge in [0.1, 0.15) is 17.9 Å². The van der Waals surface area contributed by atoms with Gasteiger partial charge in [0.25, 0.3) is 0 Å². The van der Waals surface area contributed by atoms with Gasteiger partial charge in [0, 0.05) is 24.5 Å². The number of anilines is 2. The lowest BCUT2D eigenvalue weighted by Gasteiger charge is -2.31. The van der Waals surface area contributed by atoms with E-state index in [9.17, 15) is 14.7 Å². The largest absolute Gasteiger partial charge is 0.487 e. The fourth-order valence-corrected chi connectivity index (χ4v) is 3.99. The molecule has 0 fully saturated rings. The summed E-state index contributed by atoms with van der Waals surface area (Å²) in [6.07, 6.45) is 2.91. The number of fused-ring (bicyclic) bond motifs is 1. The summed E-state index contributed by atoms with van der Waals surface area (Å²) in [4.78, 5) is 34.1. The van der Waals surface area contributed by atoms with Gasteiger partial charge in [0.2, 0.25) is 11.4 Å². The van der Waals surface area contributed by atoms with Crippen LogP contribution in [0.3, 0.4) is 0 Å². The molecule has 2 aliphatic rings. The molecule has 29 heavy (non-hydrogen) atoms. The number of aromatic nitrogens is 3. The Morgan fingerprint density at radius 1 is 1.41 bits per heavy atom. The fraction of sp³-hybridized carbons (Fsp3) is 0.263. The van der Waals surface area contributed by atoms with Gasteiger partial charge in [0.15, 0.2) is 11.6 Å². The van der Waals surface area contributed by atoms with Gasteiger partial charge < -0.3 is 25.0 Å². The number of carboxylic acid groups (broad SMARTS) is 1. The number of rotatable bonds is 2. The predicted molar refractivity (Wildman–Crippen MR) is 102 cm³/mol. The fourth-order valence-electron chi connectivity index (χ4n) is 3.99. The molecule has 148 valence electrons. The van der Waals surface area contributed by atoms with Crippen molar-refractivity contribution in [3.63, 3.8) is 0 Å². The Labute approximate surface area is 163 Å². The summed E-state index contributed by atoms with van der Waals surface area (Å²) in [5.74, 6) is -1.65. The maximum Gasteiger partial charge on any atom is 0.341 e. The molecule has 2 aromatic heterocycles. The molecule has 0 bridgehead atoms. The van der Waals surface area contributed by atoms with Crippen LogP contribution in [0.1, 0.15) is 34.6 Å². The third kappa shape index (κ3) is 2.45. The molecule has 9 nitrogen and oxygen atoms in total. The number of halogens is 1. The van der Waals surface area contributed by atoms with Gasteiger partial charge >= 0.3 is 5.97 Å². The van der Waals surface area contributed by atoms with E-state index in [4.69, 9.17) is 10.5 Å². The highest BCUT2D eigenvalue weighted by Crippen LogP contribution is 2.43. The average molecular weight is 397 g/mol. The number of carbonyl (C=O) groups is 1. The zero-order chi connectivity index (χ0) is 20.4. The van der Waals surface area contributed by atoms with Crippen LogP contribution in [0.4, 0.5) is 16.0 Å². The third-order valence-corrected chi connectivity index (χ3v) is 5.36. The first kappa shape index (κ1) is 17.4. The first-order valence-corrected chi connectivity index (χ1v) is 8.97. The lowest BCUT2D eigenvalue weighted by atomic mass is 10.1. The summed E-state index contributed by atoms with van der Waals surface area (Å²) in [6.45, 7) is 2.73. The van der Waals surface area contributed by atoms with E-state index < -0.39 is 22.8 Å². The molecule has 0 radical (unpaired) electrons. The molecule has 4 heterocycles. The molecule has 1 unspecified atom stereocenters. The number of nitrogen functional groups attached to an aromatic ring is 1. The van der Waals surface area contributed by atoms with Crippen molar-refractivity contribution in [2.45, 2.75) is 26.1 Å². The van der Waals surface area contributed by atoms with E-state index in [-0.39, 0.29) is 35.4 Å². The van der Waals surface area contributed by atoms with Crippen molar-refractivity contribution in [3.8, 4) is 5.75 Å². The van der Waals surface area contributed by atoms with Gasteiger partial charge in [-0.1, -0.05) is 0 Å². The van der Waals surface area contributed by atoms with Gasteiger partial charge in [-0.05, 0) is 13.0 Å². The highest BCUT2D eigenvalue weighted by Gasteiger charge is 2.32. The van der Waals surface area contributed by atoms with Crippen LogP contribution >= 0.6 is 0 Å². The summed E-state index contributed by atoms with van der Waals surface area (Å²) < 4.78 is 22.7. The first-order chi connectivity index (χ1) is 13.8.